The lowest BCUT2D eigenvalue weighted by Gasteiger charge is -2.16. The van der Waals surface area contributed by atoms with Gasteiger partial charge < -0.3 is 15.5 Å². The molecule has 0 spiro atoms. The lowest BCUT2D eigenvalue weighted by atomic mass is 10.1. The highest BCUT2D eigenvalue weighted by Crippen LogP contribution is 2.16. The van der Waals surface area contributed by atoms with E-state index in [-0.39, 0.29) is 24.1 Å². The minimum atomic E-state index is -0.263. The molecule has 8 heteroatoms. The molecule has 8 nitrogen and oxygen atoms in total. The van der Waals surface area contributed by atoms with Crippen molar-refractivity contribution in [2.45, 2.75) is 51.1 Å². The molecule has 0 saturated heterocycles. The van der Waals surface area contributed by atoms with Gasteiger partial charge in [0.25, 0.3) is 5.91 Å². The van der Waals surface area contributed by atoms with Crippen LogP contribution < -0.4 is 10.6 Å². The number of carbonyl (C=O) groups is 2. The quantitative estimate of drug-likeness (QED) is 0.556. The molecule has 2 N–H and O–H groups in total. The number of likely N-dealkylation sites (N-methyl/N-ethyl adjacent to an activating group) is 1. The maximum atomic E-state index is 12.0. The highest BCUT2D eigenvalue weighted by Gasteiger charge is 2.14. The first-order chi connectivity index (χ1) is 11.6. The fraction of sp³-hybridized carbons (Fsp3) is 0.750. The largest absolute Gasteiger partial charge is 0.349 e. The molecule has 1 aliphatic carbocycles. The van der Waals surface area contributed by atoms with E-state index in [0.29, 0.717) is 12.6 Å². The second-order valence-electron chi connectivity index (χ2n) is 6.49. The van der Waals surface area contributed by atoms with Crippen LogP contribution in [-0.2, 0) is 11.3 Å². The number of nitrogens with zero attached hydrogens (tertiary/aromatic N) is 4. The van der Waals surface area contributed by atoms with Crippen LogP contribution in [0.25, 0.3) is 0 Å². The second kappa shape index (κ2) is 9.36. The van der Waals surface area contributed by atoms with Crippen molar-refractivity contribution < 1.29 is 9.59 Å². The van der Waals surface area contributed by atoms with Gasteiger partial charge in [-0.2, -0.15) is 0 Å². The van der Waals surface area contributed by atoms with Gasteiger partial charge in [-0.05, 0) is 12.8 Å². The number of aromatic nitrogens is 3. The molecule has 134 valence electrons. The van der Waals surface area contributed by atoms with Crippen molar-refractivity contribution >= 4 is 11.8 Å². The average Bonchev–Trinajstić information content (AvgIpc) is 2.86. The van der Waals surface area contributed by atoms with Crippen LogP contribution in [0.5, 0.6) is 0 Å². The van der Waals surface area contributed by atoms with Crippen molar-refractivity contribution in [3.8, 4) is 0 Å². The molecule has 1 aromatic heterocycles. The van der Waals surface area contributed by atoms with Gasteiger partial charge in [-0.15, -0.1) is 5.10 Å². The average molecular weight is 336 g/mol. The van der Waals surface area contributed by atoms with Gasteiger partial charge in [0.1, 0.15) is 6.54 Å². The van der Waals surface area contributed by atoms with Gasteiger partial charge in [0.05, 0.1) is 6.20 Å². The highest BCUT2D eigenvalue weighted by atomic mass is 16.2. The van der Waals surface area contributed by atoms with Gasteiger partial charge >= 0.3 is 0 Å². The standard InChI is InChI=1S/C16H28N6O2/c1-21(2)15(23)12-22-11-14(19-20-22)16(24)18-10-9-17-13-7-5-3-4-6-8-13/h11,13,17H,3-10,12H2,1-2H3,(H,18,24). The number of rotatable bonds is 7. The van der Waals surface area contributed by atoms with Crippen LogP contribution in [0.4, 0.5) is 0 Å². The van der Waals surface area contributed by atoms with Crippen molar-refractivity contribution in [2.75, 3.05) is 27.2 Å². The Balaban J connectivity index is 1.68. The van der Waals surface area contributed by atoms with Gasteiger partial charge in [0.2, 0.25) is 5.91 Å². The van der Waals surface area contributed by atoms with Crippen LogP contribution in [0.15, 0.2) is 6.20 Å². The SMILES string of the molecule is CN(C)C(=O)Cn1cc(C(=O)NCCNC2CCCCCC2)nn1. The molecular formula is C16H28N6O2. The molecule has 1 fully saturated rings. The summed E-state index contributed by atoms with van der Waals surface area (Å²) < 4.78 is 1.38. The summed E-state index contributed by atoms with van der Waals surface area (Å²) in [7, 11) is 3.35. The molecule has 0 aliphatic heterocycles. The normalized spacial score (nSPS) is 15.8. The zero-order valence-electron chi connectivity index (χ0n) is 14.6. The first-order valence-electron chi connectivity index (χ1n) is 8.68. The van der Waals surface area contributed by atoms with Crippen molar-refractivity contribution in [3.63, 3.8) is 0 Å². The number of hydrogen-bond donors (Lipinski definition) is 2. The monoisotopic (exact) mass is 336 g/mol. The maximum Gasteiger partial charge on any atom is 0.273 e. The van der Waals surface area contributed by atoms with Gasteiger partial charge in [-0.3, -0.25) is 9.59 Å². The van der Waals surface area contributed by atoms with E-state index >= 15 is 0 Å². The van der Waals surface area contributed by atoms with Crippen LogP contribution in [0.2, 0.25) is 0 Å². The minimum Gasteiger partial charge on any atom is -0.349 e. The van der Waals surface area contributed by atoms with E-state index < -0.39 is 0 Å². The van der Waals surface area contributed by atoms with Gasteiger partial charge in [-0.1, -0.05) is 30.9 Å². The Bertz CT molecular complexity index is 534. The molecular weight excluding hydrogens is 308 g/mol. The molecule has 0 radical (unpaired) electrons. The molecule has 1 saturated carbocycles. The van der Waals surface area contributed by atoms with Crippen LogP contribution in [-0.4, -0.2) is 64.9 Å². The Morgan fingerprint density at radius 3 is 2.58 bits per heavy atom. The number of nitrogens with one attached hydrogen (secondary N) is 2. The second-order valence-corrected chi connectivity index (χ2v) is 6.49. The van der Waals surface area contributed by atoms with Crippen LogP contribution in [0.3, 0.4) is 0 Å². The topological polar surface area (TPSA) is 92.2 Å². The lowest BCUT2D eigenvalue weighted by molar-refractivity contribution is -0.129. The summed E-state index contributed by atoms with van der Waals surface area (Å²) >= 11 is 0. The first-order valence-corrected chi connectivity index (χ1v) is 8.68. The van der Waals surface area contributed by atoms with E-state index in [2.05, 4.69) is 20.9 Å². The summed E-state index contributed by atoms with van der Waals surface area (Å²) in [5.74, 6) is -0.360. The summed E-state index contributed by atoms with van der Waals surface area (Å²) in [6.45, 7) is 1.39. The van der Waals surface area contributed by atoms with Gasteiger partial charge in [0.15, 0.2) is 5.69 Å². The molecule has 1 aromatic rings. The summed E-state index contributed by atoms with van der Waals surface area (Å²) in [4.78, 5) is 25.1. The minimum absolute atomic E-state index is 0.0799. The Morgan fingerprint density at radius 2 is 1.92 bits per heavy atom. The highest BCUT2D eigenvalue weighted by molar-refractivity contribution is 5.91. The van der Waals surface area contributed by atoms with Gasteiger partial charge in [-0.25, -0.2) is 4.68 Å². The summed E-state index contributed by atoms with van der Waals surface area (Å²) in [6, 6.07) is 0.572. The Kier molecular flexibility index (Phi) is 7.17. The predicted molar refractivity (Wildman–Crippen MR) is 90.5 cm³/mol. The number of hydrogen-bond acceptors (Lipinski definition) is 5. The number of amides is 2. The zero-order valence-corrected chi connectivity index (χ0v) is 14.6. The fourth-order valence-electron chi connectivity index (χ4n) is 2.79. The maximum absolute atomic E-state index is 12.0. The third-order valence-electron chi connectivity index (χ3n) is 4.27. The van der Waals surface area contributed by atoms with Crippen molar-refractivity contribution in [2.24, 2.45) is 0 Å². The number of carbonyl (C=O) groups excluding carboxylic acids is 2. The molecule has 0 bridgehead atoms. The predicted octanol–water partition coefficient (Wildman–Crippen LogP) is 0.409. The third kappa shape index (κ3) is 5.92. The molecule has 0 atom stereocenters. The van der Waals surface area contributed by atoms with Gasteiger partial charge in [0, 0.05) is 33.2 Å². The van der Waals surface area contributed by atoms with Crippen LogP contribution >= 0.6 is 0 Å². The van der Waals surface area contributed by atoms with E-state index in [9.17, 15) is 9.59 Å². The molecule has 1 heterocycles. The smallest absolute Gasteiger partial charge is 0.273 e. The summed E-state index contributed by atoms with van der Waals surface area (Å²) in [6.07, 6.45) is 9.19. The molecule has 2 amide bonds. The van der Waals surface area contributed by atoms with E-state index in [0.717, 1.165) is 6.54 Å². The molecule has 0 aromatic carbocycles. The van der Waals surface area contributed by atoms with Crippen molar-refractivity contribution in [1.29, 1.82) is 0 Å². The fourth-order valence-corrected chi connectivity index (χ4v) is 2.79. The van der Waals surface area contributed by atoms with E-state index in [1.165, 1.54) is 54.3 Å². The Hall–Kier alpha value is -1.96. The Morgan fingerprint density at radius 1 is 1.21 bits per heavy atom. The molecule has 24 heavy (non-hydrogen) atoms. The van der Waals surface area contributed by atoms with Crippen LogP contribution in [0.1, 0.15) is 49.0 Å². The van der Waals surface area contributed by atoms with Crippen molar-refractivity contribution in [1.82, 2.24) is 30.5 Å². The molecule has 1 aliphatic rings. The molecule has 2 rings (SSSR count). The lowest BCUT2D eigenvalue weighted by Crippen LogP contribution is -2.37. The van der Waals surface area contributed by atoms with E-state index in [4.69, 9.17) is 0 Å². The third-order valence-corrected chi connectivity index (χ3v) is 4.27. The Labute approximate surface area is 143 Å². The zero-order chi connectivity index (χ0) is 17.4. The van der Waals surface area contributed by atoms with Crippen LogP contribution in [0, 0.1) is 0 Å². The first kappa shape index (κ1) is 18.4. The molecule has 0 unspecified atom stereocenters. The summed E-state index contributed by atoms with van der Waals surface area (Å²) in [5.41, 5.74) is 0.232. The van der Waals surface area contributed by atoms with E-state index in [1.54, 1.807) is 14.1 Å². The van der Waals surface area contributed by atoms with E-state index in [1.807, 2.05) is 0 Å². The summed E-state index contributed by atoms with van der Waals surface area (Å²) in [5, 5.41) is 14.0. The van der Waals surface area contributed by atoms with Crippen molar-refractivity contribution in [3.05, 3.63) is 11.9 Å².